The summed E-state index contributed by atoms with van der Waals surface area (Å²) in [5, 5.41) is 11.0. The normalized spacial score (nSPS) is 10.0. The zero-order valence-corrected chi connectivity index (χ0v) is 11.4. The van der Waals surface area contributed by atoms with Crippen LogP contribution in [0.5, 0.6) is 11.5 Å². The molecule has 2 aromatic rings. The number of carbonyl (C=O) groups is 1. The number of nitrogens with zero attached hydrogens (tertiary/aromatic N) is 2. The molecule has 0 aliphatic heterocycles. The molecule has 0 saturated carbocycles. The van der Waals surface area contributed by atoms with Gasteiger partial charge in [0.05, 0.1) is 23.3 Å². The number of pyridine rings is 1. The first-order valence-electron chi connectivity index (χ1n) is 5.99. The van der Waals surface area contributed by atoms with Gasteiger partial charge in [-0.3, -0.25) is 15.1 Å². The van der Waals surface area contributed by atoms with Crippen molar-refractivity contribution >= 4 is 11.7 Å². The smallest absolute Gasteiger partial charge is 0.337 e. The van der Waals surface area contributed by atoms with Crippen LogP contribution in [0.25, 0.3) is 0 Å². The first-order valence-corrected chi connectivity index (χ1v) is 5.99. The van der Waals surface area contributed by atoms with Crippen LogP contribution in [-0.2, 0) is 4.74 Å². The highest BCUT2D eigenvalue weighted by Crippen LogP contribution is 2.33. The fraction of sp³-hybridized carbons (Fsp3) is 0.143. The lowest BCUT2D eigenvalue weighted by atomic mass is 10.2. The van der Waals surface area contributed by atoms with Crippen LogP contribution in [-0.4, -0.2) is 23.0 Å². The first kappa shape index (κ1) is 14.4. The highest BCUT2D eigenvalue weighted by Gasteiger charge is 2.19. The second-order valence-corrected chi connectivity index (χ2v) is 4.12. The Hall–Kier alpha value is -2.96. The molecule has 1 aromatic heterocycles. The summed E-state index contributed by atoms with van der Waals surface area (Å²) in [6.07, 6.45) is 1.58. The number of benzene rings is 1. The van der Waals surface area contributed by atoms with Crippen molar-refractivity contribution < 1.29 is 19.2 Å². The molecule has 7 nitrogen and oxygen atoms in total. The van der Waals surface area contributed by atoms with Crippen LogP contribution in [0.4, 0.5) is 5.69 Å². The number of aryl methyl sites for hydroxylation is 1. The molecule has 0 saturated heterocycles. The number of hydrogen-bond acceptors (Lipinski definition) is 6. The molecular formula is C14H12N2O5. The minimum atomic E-state index is -0.599. The molecule has 2 rings (SSSR count). The van der Waals surface area contributed by atoms with E-state index in [1.54, 1.807) is 25.3 Å². The van der Waals surface area contributed by atoms with Crippen LogP contribution >= 0.6 is 0 Å². The number of rotatable bonds is 4. The van der Waals surface area contributed by atoms with Gasteiger partial charge in [0.1, 0.15) is 5.75 Å². The van der Waals surface area contributed by atoms with E-state index in [9.17, 15) is 14.9 Å². The third-order valence-electron chi connectivity index (χ3n) is 2.76. The molecule has 0 aliphatic carbocycles. The molecule has 108 valence electrons. The summed E-state index contributed by atoms with van der Waals surface area (Å²) >= 11 is 0. The van der Waals surface area contributed by atoms with Crippen molar-refractivity contribution in [1.82, 2.24) is 4.98 Å². The SMILES string of the molecule is COC(=O)c1ccc([N+](=O)[O-])c(Oc2cccnc2C)c1. The Morgan fingerprint density at radius 2 is 2.05 bits per heavy atom. The Bertz CT molecular complexity index is 700. The number of hydrogen-bond donors (Lipinski definition) is 0. The molecule has 0 unspecified atom stereocenters. The van der Waals surface area contributed by atoms with Gasteiger partial charge in [0, 0.05) is 18.3 Å². The molecule has 0 N–H and O–H groups in total. The topological polar surface area (TPSA) is 91.6 Å². The van der Waals surface area contributed by atoms with Gasteiger partial charge in [-0.15, -0.1) is 0 Å². The minimum Gasteiger partial charge on any atom is -0.465 e. The monoisotopic (exact) mass is 288 g/mol. The number of nitro benzene ring substituents is 1. The fourth-order valence-corrected chi connectivity index (χ4v) is 1.69. The van der Waals surface area contributed by atoms with E-state index in [1.165, 1.54) is 25.3 Å². The van der Waals surface area contributed by atoms with E-state index in [0.717, 1.165) is 0 Å². The van der Waals surface area contributed by atoms with Crippen LogP contribution in [0.1, 0.15) is 16.1 Å². The summed E-state index contributed by atoms with van der Waals surface area (Å²) in [6, 6.07) is 7.08. The molecule has 7 heteroatoms. The average molecular weight is 288 g/mol. The second-order valence-electron chi connectivity index (χ2n) is 4.12. The Labute approximate surface area is 120 Å². The summed E-state index contributed by atoms with van der Waals surface area (Å²) in [7, 11) is 1.23. The van der Waals surface area contributed by atoms with Gasteiger partial charge in [-0.05, 0) is 25.1 Å². The van der Waals surface area contributed by atoms with Gasteiger partial charge in [0.2, 0.25) is 5.75 Å². The van der Waals surface area contributed by atoms with Gasteiger partial charge in [-0.2, -0.15) is 0 Å². The summed E-state index contributed by atoms with van der Waals surface area (Å²) < 4.78 is 10.1. The molecule has 1 heterocycles. The average Bonchev–Trinajstić information content (AvgIpc) is 2.48. The van der Waals surface area contributed by atoms with Crippen molar-refractivity contribution in [2.24, 2.45) is 0 Å². The summed E-state index contributed by atoms with van der Waals surface area (Å²) in [4.78, 5) is 26.0. The van der Waals surface area contributed by atoms with Gasteiger partial charge >= 0.3 is 11.7 Å². The minimum absolute atomic E-state index is 0.0426. The Morgan fingerprint density at radius 1 is 1.29 bits per heavy atom. The Kier molecular flexibility index (Phi) is 4.13. The fourth-order valence-electron chi connectivity index (χ4n) is 1.69. The number of esters is 1. The Balaban J connectivity index is 2.46. The van der Waals surface area contributed by atoms with Crippen LogP contribution in [0, 0.1) is 17.0 Å². The van der Waals surface area contributed by atoms with Crippen LogP contribution in [0.15, 0.2) is 36.5 Å². The number of nitro groups is 1. The van der Waals surface area contributed by atoms with Crippen LogP contribution in [0.3, 0.4) is 0 Å². The van der Waals surface area contributed by atoms with Gasteiger partial charge in [-0.1, -0.05) is 0 Å². The molecule has 0 radical (unpaired) electrons. The summed E-state index contributed by atoms with van der Waals surface area (Å²) in [5.74, 6) is -0.265. The molecule has 0 aliphatic rings. The van der Waals surface area contributed by atoms with E-state index in [0.29, 0.717) is 11.4 Å². The van der Waals surface area contributed by atoms with Crippen LogP contribution in [0.2, 0.25) is 0 Å². The van der Waals surface area contributed by atoms with E-state index in [4.69, 9.17) is 4.74 Å². The zero-order valence-electron chi connectivity index (χ0n) is 11.4. The largest absolute Gasteiger partial charge is 0.465 e. The summed E-state index contributed by atoms with van der Waals surface area (Å²) in [6.45, 7) is 1.71. The molecule has 0 amide bonds. The van der Waals surface area contributed by atoms with Gasteiger partial charge < -0.3 is 9.47 Å². The van der Waals surface area contributed by atoms with E-state index in [1.807, 2.05) is 0 Å². The third-order valence-corrected chi connectivity index (χ3v) is 2.76. The zero-order chi connectivity index (χ0) is 15.4. The van der Waals surface area contributed by atoms with Gasteiger partial charge in [-0.25, -0.2) is 4.79 Å². The summed E-state index contributed by atoms with van der Waals surface area (Å²) in [5.41, 5.74) is 0.501. The number of ether oxygens (including phenoxy) is 2. The molecule has 0 atom stereocenters. The first-order chi connectivity index (χ1) is 10.0. The van der Waals surface area contributed by atoms with E-state index in [2.05, 4.69) is 9.72 Å². The Morgan fingerprint density at radius 3 is 2.67 bits per heavy atom. The maximum absolute atomic E-state index is 11.5. The highest BCUT2D eigenvalue weighted by molar-refractivity contribution is 5.90. The molecular weight excluding hydrogens is 276 g/mol. The van der Waals surface area contributed by atoms with Crippen molar-refractivity contribution in [2.45, 2.75) is 6.92 Å². The number of carbonyl (C=O) groups excluding carboxylic acids is 1. The van der Waals surface area contributed by atoms with Crippen molar-refractivity contribution in [3.63, 3.8) is 0 Å². The molecule has 0 spiro atoms. The number of aromatic nitrogens is 1. The lowest BCUT2D eigenvalue weighted by molar-refractivity contribution is -0.385. The predicted molar refractivity (Wildman–Crippen MR) is 73.5 cm³/mol. The van der Waals surface area contributed by atoms with Crippen molar-refractivity contribution in [1.29, 1.82) is 0 Å². The van der Waals surface area contributed by atoms with E-state index >= 15 is 0 Å². The standard InChI is InChI=1S/C14H12N2O5/c1-9-12(4-3-7-15-9)21-13-8-10(14(17)20-2)5-6-11(13)16(18)19/h3-8H,1-2H3. The second kappa shape index (κ2) is 6.00. The third kappa shape index (κ3) is 3.14. The molecule has 0 bridgehead atoms. The van der Waals surface area contributed by atoms with Crippen molar-refractivity contribution in [2.75, 3.05) is 7.11 Å². The lowest BCUT2D eigenvalue weighted by Crippen LogP contribution is -2.03. The maximum atomic E-state index is 11.5. The van der Waals surface area contributed by atoms with E-state index in [-0.39, 0.29) is 17.0 Å². The van der Waals surface area contributed by atoms with E-state index < -0.39 is 10.9 Å². The van der Waals surface area contributed by atoms with Crippen molar-refractivity contribution in [3.8, 4) is 11.5 Å². The van der Waals surface area contributed by atoms with Crippen molar-refractivity contribution in [3.05, 3.63) is 57.9 Å². The van der Waals surface area contributed by atoms with Gasteiger partial charge in [0.15, 0.2) is 0 Å². The van der Waals surface area contributed by atoms with Gasteiger partial charge in [0.25, 0.3) is 0 Å². The van der Waals surface area contributed by atoms with Crippen LogP contribution < -0.4 is 4.74 Å². The maximum Gasteiger partial charge on any atom is 0.337 e. The molecule has 0 fully saturated rings. The number of methoxy groups -OCH3 is 1. The highest BCUT2D eigenvalue weighted by atomic mass is 16.6. The predicted octanol–water partition coefficient (Wildman–Crippen LogP) is 2.88. The quantitative estimate of drug-likeness (QED) is 0.488. The molecule has 1 aromatic carbocycles. The lowest BCUT2D eigenvalue weighted by Gasteiger charge is -2.09. The molecule has 21 heavy (non-hydrogen) atoms.